The van der Waals surface area contributed by atoms with Gasteiger partial charge < -0.3 is 17.2 Å². The molecule has 2 atom stereocenters. The van der Waals surface area contributed by atoms with Gasteiger partial charge in [0.25, 0.3) is 0 Å². The average Bonchev–Trinajstić information content (AvgIpc) is 2.21. The van der Waals surface area contributed by atoms with Gasteiger partial charge in [-0.15, -0.1) is 0 Å². The molecule has 0 amide bonds. The first kappa shape index (κ1) is 16.3. The van der Waals surface area contributed by atoms with Gasteiger partial charge in [-0.1, -0.05) is 33.6 Å². The van der Waals surface area contributed by atoms with E-state index in [-0.39, 0.29) is 0 Å². The zero-order chi connectivity index (χ0) is 11.4. The van der Waals surface area contributed by atoms with Crippen molar-refractivity contribution in [2.75, 3.05) is 19.6 Å². The number of nitrogens with two attached hydrogens (primary N) is 3. The molecule has 0 aliphatic heterocycles. The van der Waals surface area contributed by atoms with Crippen molar-refractivity contribution in [2.24, 2.45) is 29.0 Å². The number of hydrogen-bond acceptors (Lipinski definition) is 3. The fourth-order valence-electron chi connectivity index (χ4n) is 1.33. The summed E-state index contributed by atoms with van der Waals surface area (Å²) < 4.78 is 0. The van der Waals surface area contributed by atoms with Gasteiger partial charge in [-0.05, 0) is 37.9 Å². The van der Waals surface area contributed by atoms with Crippen LogP contribution in [0.4, 0.5) is 0 Å². The third-order valence-electron chi connectivity index (χ3n) is 2.49. The van der Waals surface area contributed by atoms with E-state index in [9.17, 15) is 0 Å². The summed E-state index contributed by atoms with van der Waals surface area (Å²) in [7, 11) is 0. The Labute approximate surface area is 89.4 Å². The average molecular weight is 203 g/mol. The number of rotatable bonds is 6. The highest BCUT2D eigenvalue weighted by Gasteiger charge is 2.10. The molecule has 3 heteroatoms. The molecule has 0 aliphatic rings. The van der Waals surface area contributed by atoms with Crippen LogP contribution in [0, 0.1) is 11.8 Å². The maximum Gasteiger partial charge on any atom is -0.00489 e. The fraction of sp³-hybridized carbons (Fsp3) is 1.00. The van der Waals surface area contributed by atoms with E-state index in [1.165, 1.54) is 19.3 Å². The Morgan fingerprint density at radius 1 is 0.786 bits per heavy atom. The standard InChI is InChI=1S/C9H22N2.C2H7N/c1-3-8(6-10)5-9(4-2)7-11;1-2-3/h8-9H,3-7,10-11H2,1-2H3;2-3H2,1H3. The van der Waals surface area contributed by atoms with Gasteiger partial charge in [-0.2, -0.15) is 0 Å². The van der Waals surface area contributed by atoms with Gasteiger partial charge in [0.1, 0.15) is 0 Å². The molecule has 0 saturated heterocycles. The van der Waals surface area contributed by atoms with Crippen LogP contribution in [0.1, 0.15) is 40.0 Å². The van der Waals surface area contributed by atoms with Crippen molar-refractivity contribution in [3.05, 3.63) is 0 Å². The van der Waals surface area contributed by atoms with E-state index in [0.717, 1.165) is 19.6 Å². The topological polar surface area (TPSA) is 78.1 Å². The molecule has 0 aliphatic carbocycles. The lowest BCUT2D eigenvalue weighted by Gasteiger charge is -2.18. The molecule has 0 heterocycles. The molecule has 2 unspecified atom stereocenters. The van der Waals surface area contributed by atoms with Gasteiger partial charge >= 0.3 is 0 Å². The molecular formula is C11H29N3. The summed E-state index contributed by atoms with van der Waals surface area (Å²) in [5.74, 6) is 1.37. The Morgan fingerprint density at radius 2 is 1.07 bits per heavy atom. The normalized spacial score (nSPS) is 14.1. The summed E-state index contributed by atoms with van der Waals surface area (Å²) in [4.78, 5) is 0. The Balaban J connectivity index is 0. The summed E-state index contributed by atoms with van der Waals surface area (Å²) in [5.41, 5.74) is 16.0. The van der Waals surface area contributed by atoms with Gasteiger partial charge in [0.15, 0.2) is 0 Å². The zero-order valence-electron chi connectivity index (χ0n) is 10.1. The van der Waals surface area contributed by atoms with Crippen molar-refractivity contribution < 1.29 is 0 Å². The maximum absolute atomic E-state index is 5.60. The molecule has 0 saturated carbocycles. The summed E-state index contributed by atoms with van der Waals surface area (Å²) in [6.45, 7) is 8.67. The first-order valence-electron chi connectivity index (χ1n) is 5.80. The predicted octanol–water partition coefficient (Wildman–Crippen LogP) is 1.31. The fourth-order valence-corrected chi connectivity index (χ4v) is 1.33. The Morgan fingerprint density at radius 3 is 1.21 bits per heavy atom. The van der Waals surface area contributed by atoms with E-state index < -0.39 is 0 Å². The van der Waals surface area contributed by atoms with Gasteiger partial charge in [-0.25, -0.2) is 0 Å². The molecule has 0 bridgehead atoms. The minimum Gasteiger partial charge on any atom is -0.331 e. The van der Waals surface area contributed by atoms with Crippen LogP contribution in [-0.4, -0.2) is 19.6 Å². The maximum atomic E-state index is 5.60. The van der Waals surface area contributed by atoms with Crippen molar-refractivity contribution in [3.63, 3.8) is 0 Å². The van der Waals surface area contributed by atoms with Crippen LogP contribution in [0.5, 0.6) is 0 Å². The van der Waals surface area contributed by atoms with E-state index in [2.05, 4.69) is 13.8 Å². The van der Waals surface area contributed by atoms with Gasteiger partial charge in [0.05, 0.1) is 0 Å². The first-order chi connectivity index (χ1) is 6.69. The van der Waals surface area contributed by atoms with Crippen molar-refractivity contribution in [1.82, 2.24) is 0 Å². The zero-order valence-corrected chi connectivity index (χ0v) is 10.1. The second-order valence-electron chi connectivity index (χ2n) is 3.66. The van der Waals surface area contributed by atoms with Crippen molar-refractivity contribution >= 4 is 0 Å². The lowest BCUT2D eigenvalue weighted by Crippen LogP contribution is -2.21. The molecule has 3 nitrogen and oxygen atoms in total. The van der Waals surface area contributed by atoms with Crippen molar-refractivity contribution in [2.45, 2.75) is 40.0 Å². The van der Waals surface area contributed by atoms with Crippen molar-refractivity contribution in [1.29, 1.82) is 0 Å². The summed E-state index contributed by atoms with van der Waals surface area (Å²) in [6.07, 6.45) is 3.58. The predicted molar refractivity (Wildman–Crippen MR) is 65.0 cm³/mol. The summed E-state index contributed by atoms with van der Waals surface area (Å²) >= 11 is 0. The van der Waals surface area contributed by atoms with Crippen LogP contribution in [0.15, 0.2) is 0 Å². The largest absolute Gasteiger partial charge is 0.331 e. The SMILES string of the molecule is CCC(CN)CC(CC)CN.CCN. The molecule has 0 spiro atoms. The second-order valence-corrected chi connectivity index (χ2v) is 3.66. The molecule has 0 fully saturated rings. The summed E-state index contributed by atoms with van der Waals surface area (Å²) in [6, 6.07) is 0. The molecular weight excluding hydrogens is 174 g/mol. The summed E-state index contributed by atoms with van der Waals surface area (Å²) in [5, 5.41) is 0. The van der Waals surface area contributed by atoms with Crippen molar-refractivity contribution in [3.8, 4) is 0 Å². The molecule has 14 heavy (non-hydrogen) atoms. The van der Waals surface area contributed by atoms with E-state index in [1.807, 2.05) is 6.92 Å². The minimum atomic E-state index is 0.684. The molecule has 0 aromatic heterocycles. The van der Waals surface area contributed by atoms with E-state index >= 15 is 0 Å². The van der Waals surface area contributed by atoms with Gasteiger partial charge in [0.2, 0.25) is 0 Å². The molecule has 0 aromatic rings. The minimum absolute atomic E-state index is 0.684. The second kappa shape index (κ2) is 12.9. The highest BCUT2D eigenvalue weighted by atomic mass is 14.6. The lowest BCUT2D eigenvalue weighted by atomic mass is 9.91. The molecule has 0 radical (unpaired) electrons. The van der Waals surface area contributed by atoms with Crippen LogP contribution in [0.2, 0.25) is 0 Å². The van der Waals surface area contributed by atoms with Crippen LogP contribution in [-0.2, 0) is 0 Å². The molecule has 0 aromatic carbocycles. The van der Waals surface area contributed by atoms with E-state index in [1.54, 1.807) is 0 Å². The van der Waals surface area contributed by atoms with Gasteiger partial charge in [-0.3, -0.25) is 0 Å². The van der Waals surface area contributed by atoms with Crippen LogP contribution in [0.3, 0.4) is 0 Å². The first-order valence-corrected chi connectivity index (χ1v) is 5.80. The molecule has 0 rings (SSSR count). The Hall–Kier alpha value is -0.120. The molecule has 6 N–H and O–H groups in total. The third kappa shape index (κ3) is 9.96. The Kier molecular flexibility index (Phi) is 15.0. The van der Waals surface area contributed by atoms with E-state index in [0.29, 0.717) is 11.8 Å². The quantitative estimate of drug-likeness (QED) is 0.609. The highest BCUT2D eigenvalue weighted by Crippen LogP contribution is 2.16. The monoisotopic (exact) mass is 203 g/mol. The van der Waals surface area contributed by atoms with Crippen LogP contribution < -0.4 is 17.2 Å². The third-order valence-corrected chi connectivity index (χ3v) is 2.49. The molecule has 88 valence electrons. The van der Waals surface area contributed by atoms with E-state index in [4.69, 9.17) is 17.2 Å². The lowest BCUT2D eigenvalue weighted by molar-refractivity contribution is 0.365. The number of hydrogen-bond donors (Lipinski definition) is 3. The van der Waals surface area contributed by atoms with Crippen LogP contribution in [0.25, 0.3) is 0 Å². The smallest absolute Gasteiger partial charge is 0.00489 e. The van der Waals surface area contributed by atoms with Crippen LogP contribution >= 0.6 is 0 Å². The van der Waals surface area contributed by atoms with Gasteiger partial charge in [0, 0.05) is 0 Å². The highest BCUT2D eigenvalue weighted by molar-refractivity contribution is 4.65. The Bertz CT molecular complexity index is 78.5.